The average Bonchev–Trinajstić information content (AvgIpc) is 2.15. The van der Waals surface area contributed by atoms with Gasteiger partial charge in [-0.05, 0) is 30.5 Å². The molecule has 0 saturated carbocycles. The van der Waals surface area contributed by atoms with Crippen molar-refractivity contribution in [2.24, 2.45) is 5.73 Å². The van der Waals surface area contributed by atoms with E-state index in [0.29, 0.717) is 6.42 Å². The molecule has 0 fully saturated rings. The molecule has 0 bridgehead atoms. The van der Waals surface area contributed by atoms with E-state index < -0.39 is 23.5 Å². The van der Waals surface area contributed by atoms with Crippen LogP contribution in [-0.2, 0) is 6.18 Å². The van der Waals surface area contributed by atoms with Gasteiger partial charge in [-0.15, -0.1) is 0 Å². The monoisotopic (exact) mass is 235 g/mol. The first kappa shape index (κ1) is 13.0. The molecule has 1 aromatic carbocycles. The van der Waals surface area contributed by atoms with Gasteiger partial charge in [-0.2, -0.15) is 13.2 Å². The van der Waals surface area contributed by atoms with E-state index in [0.717, 1.165) is 6.07 Å². The average molecular weight is 235 g/mol. The molecule has 0 aromatic heterocycles. The van der Waals surface area contributed by atoms with E-state index in [1.807, 2.05) is 0 Å². The van der Waals surface area contributed by atoms with Gasteiger partial charge in [0.1, 0.15) is 5.82 Å². The highest BCUT2D eigenvalue weighted by molar-refractivity contribution is 5.33. The van der Waals surface area contributed by atoms with E-state index in [1.165, 1.54) is 12.1 Å². The summed E-state index contributed by atoms with van der Waals surface area (Å²) in [6.45, 7) is 1.88. The van der Waals surface area contributed by atoms with E-state index >= 15 is 0 Å². The smallest absolute Gasteiger partial charge is 0.330 e. The van der Waals surface area contributed by atoms with Crippen LogP contribution in [0.15, 0.2) is 18.2 Å². The molecular formula is C11H13F4N. The molecule has 2 N–H and O–H groups in total. The van der Waals surface area contributed by atoms with Crippen LogP contribution in [-0.4, -0.2) is 6.54 Å². The summed E-state index contributed by atoms with van der Waals surface area (Å²) in [5, 5.41) is 0. The fourth-order valence-corrected chi connectivity index (χ4v) is 1.66. The zero-order valence-electron chi connectivity index (χ0n) is 8.81. The van der Waals surface area contributed by atoms with Crippen molar-refractivity contribution in [3.05, 3.63) is 35.1 Å². The molecule has 0 spiro atoms. The van der Waals surface area contributed by atoms with Crippen molar-refractivity contribution in [1.82, 2.24) is 0 Å². The van der Waals surface area contributed by atoms with Crippen LogP contribution in [0.1, 0.15) is 30.4 Å². The fraction of sp³-hybridized carbons (Fsp3) is 0.455. The van der Waals surface area contributed by atoms with Crippen molar-refractivity contribution in [1.29, 1.82) is 0 Å². The van der Waals surface area contributed by atoms with Gasteiger partial charge in [0, 0.05) is 0 Å². The summed E-state index contributed by atoms with van der Waals surface area (Å²) in [4.78, 5) is 0. The minimum absolute atomic E-state index is 0.0297. The summed E-state index contributed by atoms with van der Waals surface area (Å²) in [5.74, 6) is -1.63. The molecule has 90 valence electrons. The largest absolute Gasteiger partial charge is 0.419 e. The zero-order chi connectivity index (χ0) is 12.3. The van der Waals surface area contributed by atoms with Crippen LogP contribution in [0.25, 0.3) is 0 Å². The predicted molar refractivity (Wildman–Crippen MR) is 53.5 cm³/mol. The molecule has 0 aliphatic carbocycles. The van der Waals surface area contributed by atoms with E-state index in [1.54, 1.807) is 6.92 Å². The Morgan fingerprint density at radius 1 is 1.31 bits per heavy atom. The molecule has 0 radical (unpaired) electrons. The van der Waals surface area contributed by atoms with Gasteiger partial charge in [0.15, 0.2) is 0 Å². The number of hydrogen-bond acceptors (Lipinski definition) is 1. The van der Waals surface area contributed by atoms with Crippen molar-refractivity contribution in [2.75, 3.05) is 6.54 Å². The molecule has 0 aliphatic heterocycles. The molecule has 0 heterocycles. The number of alkyl halides is 3. The number of benzene rings is 1. The lowest BCUT2D eigenvalue weighted by Crippen LogP contribution is -2.15. The Morgan fingerprint density at radius 2 is 1.94 bits per heavy atom. The third-order valence-electron chi connectivity index (χ3n) is 2.46. The Kier molecular flexibility index (Phi) is 3.91. The molecule has 1 aromatic rings. The quantitative estimate of drug-likeness (QED) is 0.799. The van der Waals surface area contributed by atoms with Crippen molar-refractivity contribution < 1.29 is 17.6 Å². The van der Waals surface area contributed by atoms with Gasteiger partial charge in [0.05, 0.1) is 5.56 Å². The van der Waals surface area contributed by atoms with Crippen molar-refractivity contribution in [3.8, 4) is 0 Å². The summed E-state index contributed by atoms with van der Waals surface area (Å²) >= 11 is 0. The van der Waals surface area contributed by atoms with Crippen molar-refractivity contribution >= 4 is 0 Å². The highest BCUT2D eigenvalue weighted by Crippen LogP contribution is 2.37. The molecular weight excluding hydrogens is 222 g/mol. The number of nitrogens with two attached hydrogens (primary N) is 1. The fourth-order valence-electron chi connectivity index (χ4n) is 1.66. The van der Waals surface area contributed by atoms with Gasteiger partial charge in [-0.25, -0.2) is 4.39 Å². The van der Waals surface area contributed by atoms with Crippen LogP contribution in [0.3, 0.4) is 0 Å². The number of hydrogen-bond donors (Lipinski definition) is 1. The van der Waals surface area contributed by atoms with Crippen LogP contribution in [0.4, 0.5) is 17.6 Å². The van der Waals surface area contributed by atoms with Gasteiger partial charge in [-0.3, -0.25) is 0 Å². The second kappa shape index (κ2) is 4.82. The zero-order valence-corrected chi connectivity index (χ0v) is 8.81. The minimum atomic E-state index is -4.66. The van der Waals surface area contributed by atoms with Crippen molar-refractivity contribution in [2.45, 2.75) is 25.4 Å². The maximum absolute atomic E-state index is 13.2. The SMILES string of the molecule is CC(CCN)c1cccc(F)c1C(F)(F)F. The Morgan fingerprint density at radius 3 is 2.44 bits per heavy atom. The van der Waals surface area contributed by atoms with Gasteiger partial charge < -0.3 is 5.73 Å². The second-order valence-corrected chi connectivity index (χ2v) is 3.68. The number of rotatable bonds is 3. The van der Waals surface area contributed by atoms with Crippen LogP contribution >= 0.6 is 0 Å². The standard InChI is InChI=1S/C11H13F4N/c1-7(5-6-16)8-3-2-4-9(12)10(8)11(13,14)15/h2-4,7H,5-6,16H2,1H3. The first-order chi connectivity index (χ1) is 7.38. The molecule has 1 unspecified atom stereocenters. The molecule has 0 aliphatic rings. The van der Waals surface area contributed by atoms with E-state index in [9.17, 15) is 17.6 Å². The summed E-state index contributed by atoms with van der Waals surface area (Å²) in [6.07, 6.45) is -4.27. The first-order valence-corrected chi connectivity index (χ1v) is 4.93. The highest BCUT2D eigenvalue weighted by Gasteiger charge is 2.37. The normalized spacial score (nSPS) is 13.9. The molecule has 5 heteroatoms. The minimum Gasteiger partial charge on any atom is -0.330 e. The Bertz CT molecular complexity index is 359. The summed E-state index contributed by atoms with van der Waals surface area (Å²) < 4.78 is 51.1. The topological polar surface area (TPSA) is 26.0 Å². The van der Waals surface area contributed by atoms with Gasteiger partial charge in [0.25, 0.3) is 0 Å². The lowest BCUT2D eigenvalue weighted by molar-refractivity contribution is -0.140. The molecule has 1 rings (SSSR count). The van der Waals surface area contributed by atoms with Crippen LogP contribution < -0.4 is 5.73 Å². The van der Waals surface area contributed by atoms with Crippen LogP contribution in [0.2, 0.25) is 0 Å². The van der Waals surface area contributed by atoms with E-state index in [-0.39, 0.29) is 12.1 Å². The van der Waals surface area contributed by atoms with Crippen molar-refractivity contribution in [3.63, 3.8) is 0 Å². The number of halogens is 4. The molecule has 1 nitrogen and oxygen atoms in total. The Hall–Kier alpha value is -1.10. The Balaban J connectivity index is 3.23. The van der Waals surface area contributed by atoms with Crippen LogP contribution in [0, 0.1) is 5.82 Å². The molecule has 16 heavy (non-hydrogen) atoms. The third-order valence-corrected chi connectivity index (χ3v) is 2.46. The second-order valence-electron chi connectivity index (χ2n) is 3.68. The van der Waals surface area contributed by atoms with Gasteiger partial charge >= 0.3 is 6.18 Å². The van der Waals surface area contributed by atoms with Crippen LogP contribution in [0.5, 0.6) is 0 Å². The summed E-state index contributed by atoms with van der Waals surface area (Å²) in [5.41, 5.74) is 4.09. The Labute approximate surface area is 91.3 Å². The van der Waals surface area contributed by atoms with Gasteiger partial charge in [0.2, 0.25) is 0 Å². The van der Waals surface area contributed by atoms with Gasteiger partial charge in [-0.1, -0.05) is 19.1 Å². The maximum atomic E-state index is 13.2. The lowest BCUT2D eigenvalue weighted by Gasteiger charge is -2.18. The summed E-state index contributed by atoms with van der Waals surface area (Å²) in [7, 11) is 0. The highest BCUT2D eigenvalue weighted by atomic mass is 19.4. The maximum Gasteiger partial charge on any atom is 0.419 e. The van der Waals surface area contributed by atoms with E-state index in [4.69, 9.17) is 5.73 Å². The predicted octanol–water partition coefficient (Wildman–Crippen LogP) is 3.30. The van der Waals surface area contributed by atoms with E-state index in [2.05, 4.69) is 0 Å². The summed E-state index contributed by atoms with van der Waals surface area (Å²) in [6, 6.07) is 3.40. The molecule has 1 atom stereocenters. The first-order valence-electron chi connectivity index (χ1n) is 4.93. The molecule has 0 saturated heterocycles. The lowest BCUT2D eigenvalue weighted by atomic mass is 9.92. The molecule has 0 amide bonds. The third kappa shape index (κ3) is 2.72.